The molecule has 0 radical (unpaired) electrons. The Morgan fingerprint density at radius 2 is 0.868 bits per heavy atom. The number of rotatable bonds is 27. The van der Waals surface area contributed by atoms with Gasteiger partial charge in [-0.15, -0.1) is 0 Å². The van der Waals surface area contributed by atoms with Crippen LogP contribution in [0.2, 0.25) is 0 Å². The normalized spacial score (nSPS) is 11.4. The number of amides is 3. The van der Waals surface area contributed by atoms with E-state index in [1.807, 2.05) is 0 Å². The van der Waals surface area contributed by atoms with Crippen LogP contribution >= 0.6 is 0 Å². The molecule has 0 aromatic carbocycles. The van der Waals surface area contributed by atoms with Crippen LogP contribution in [0.1, 0.15) is 135 Å². The van der Waals surface area contributed by atoms with Gasteiger partial charge in [0, 0.05) is 38.9 Å². The van der Waals surface area contributed by atoms with Crippen LogP contribution in [0, 0.1) is 5.21 Å². The van der Waals surface area contributed by atoms with Crippen molar-refractivity contribution in [2.45, 2.75) is 135 Å². The second-order valence-electron chi connectivity index (χ2n) is 11.3. The lowest BCUT2D eigenvalue weighted by Crippen LogP contribution is -2.35. The van der Waals surface area contributed by atoms with E-state index in [9.17, 15) is 19.6 Å². The Balaban J connectivity index is 3.40. The third-order valence-electron chi connectivity index (χ3n) is 6.80. The van der Waals surface area contributed by atoms with Gasteiger partial charge in [-0.05, 0) is 19.3 Å². The molecule has 0 aliphatic heterocycles. The van der Waals surface area contributed by atoms with Crippen LogP contribution in [0.15, 0.2) is 0 Å². The lowest BCUT2D eigenvalue weighted by Gasteiger charge is -2.33. The van der Waals surface area contributed by atoms with Gasteiger partial charge in [0.15, 0.2) is 0 Å². The highest BCUT2D eigenvalue weighted by molar-refractivity contribution is 5.83. The summed E-state index contributed by atoms with van der Waals surface area (Å²) in [5.41, 5.74) is 0. The molecule has 0 saturated carbocycles. The lowest BCUT2D eigenvalue weighted by molar-refractivity contribution is -0.840. The van der Waals surface area contributed by atoms with E-state index in [2.05, 4.69) is 22.9 Å². The van der Waals surface area contributed by atoms with Crippen LogP contribution in [-0.2, 0) is 14.4 Å². The number of carbonyl (C=O) groups excluding carboxylic acids is 3. The summed E-state index contributed by atoms with van der Waals surface area (Å²) in [4.78, 5) is 35.6. The van der Waals surface area contributed by atoms with E-state index in [1.54, 1.807) is 14.1 Å². The highest BCUT2D eigenvalue weighted by Crippen LogP contribution is 2.13. The molecule has 0 bridgehead atoms. The number of hydrogen-bond donors (Lipinski definition) is 3. The maximum Gasteiger partial charge on any atom is 0.220 e. The topological polar surface area (TPSA) is 110 Å². The van der Waals surface area contributed by atoms with Crippen LogP contribution in [0.5, 0.6) is 0 Å². The summed E-state index contributed by atoms with van der Waals surface area (Å²) in [7, 11) is 3.20. The quantitative estimate of drug-likeness (QED) is 0.0702. The standard InChI is InChI=1S/C30H60N4O4/c1-4-5-6-7-8-9-10-11-12-13-14-15-16-17-18-21-28(35)32-25-26-33-30(37)23-22-29(36)31-24-19-20-27-34(2,3)38/h4-27H2,1-3H3,(H,31,36)(H,32,35)(H,33,37). The van der Waals surface area contributed by atoms with E-state index in [0.29, 0.717) is 32.6 Å². The first-order valence-electron chi connectivity index (χ1n) is 15.6. The predicted molar refractivity (Wildman–Crippen MR) is 157 cm³/mol. The van der Waals surface area contributed by atoms with Gasteiger partial charge >= 0.3 is 0 Å². The van der Waals surface area contributed by atoms with E-state index in [4.69, 9.17) is 0 Å². The minimum absolute atomic E-state index is 0.0347. The van der Waals surface area contributed by atoms with Crippen molar-refractivity contribution in [2.24, 2.45) is 0 Å². The van der Waals surface area contributed by atoms with E-state index in [0.717, 1.165) is 25.7 Å². The zero-order chi connectivity index (χ0) is 28.3. The summed E-state index contributed by atoms with van der Waals surface area (Å²) in [6, 6.07) is 0. The number of unbranched alkanes of at least 4 members (excludes halogenated alkanes) is 15. The molecule has 0 unspecified atom stereocenters. The molecule has 0 aromatic rings. The Labute approximate surface area is 233 Å². The van der Waals surface area contributed by atoms with Gasteiger partial charge in [0.25, 0.3) is 0 Å². The zero-order valence-electron chi connectivity index (χ0n) is 25.1. The van der Waals surface area contributed by atoms with Gasteiger partial charge in [-0.1, -0.05) is 96.8 Å². The van der Waals surface area contributed by atoms with Crippen molar-refractivity contribution in [3.63, 3.8) is 0 Å². The first kappa shape index (κ1) is 36.3. The number of nitrogens with one attached hydrogen (secondary N) is 3. The van der Waals surface area contributed by atoms with Crippen molar-refractivity contribution in [3.8, 4) is 0 Å². The van der Waals surface area contributed by atoms with Crippen molar-refractivity contribution in [3.05, 3.63) is 5.21 Å². The molecule has 0 heterocycles. The largest absolute Gasteiger partial charge is 0.633 e. The predicted octanol–water partition coefficient (Wildman–Crippen LogP) is 5.73. The SMILES string of the molecule is CCCCCCCCCCCCCCCCCC(=O)NCCNC(=O)CCC(=O)NCCCC[N+](C)(C)[O-]. The summed E-state index contributed by atoms with van der Waals surface area (Å²) in [6.45, 7) is 4.08. The molecule has 38 heavy (non-hydrogen) atoms. The highest BCUT2D eigenvalue weighted by Gasteiger charge is 2.07. The molecule has 0 aliphatic carbocycles. The zero-order valence-corrected chi connectivity index (χ0v) is 25.1. The first-order chi connectivity index (χ1) is 18.2. The molecule has 0 atom stereocenters. The molecule has 8 heteroatoms. The van der Waals surface area contributed by atoms with Gasteiger partial charge in [-0.25, -0.2) is 0 Å². The molecule has 8 nitrogen and oxygen atoms in total. The molecule has 3 N–H and O–H groups in total. The van der Waals surface area contributed by atoms with Crippen molar-refractivity contribution in [1.82, 2.24) is 16.0 Å². The van der Waals surface area contributed by atoms with Crippen LogP contribution in [0.3, 0.4) is 0 Å². The monoisotopic (exact) mass is 540 g/mol. The van der Waals surface area contributed by atoms with Crippen molar-refractivity contribution in [2.75, 3.05) is 40.3 Å². The highest BCUT2D eigenvalue weighted by atomic mass is 16.5. The molecule has 3 amide bonds. The Kier molecular flexibility index (Phi) is 24.5. The minimum atomic E-state index is -0.325. The fourth-order valence-corrected chi connectivity index (χ4v) is 4.40. The number of nitrogens with zero attached hydrogens (tertiary/aromatic N) is 1. The number of quaternary nitrogens is 1. The molecule has 0 fully saturated rings. The number of hydroxylamine groups is 3. The van der Waals surface area contributed by atoms with Crippen molar-refractivity contribution >= 4 is 17.7 Å². The molecule has 0 aliphatic rings. The maximum absolute atomic E-state index is 11.9. The van der Waals surface area contributed by atoms with Crippen LogP contribution in [0.25, 0.3) is 0 Å². The summed E-state index contributed by atoms with van der Waals surface area (Å²) < 4.78 is -0.325. The summed E-state index contributed by atoms with van der Waals surface area (Å²) >= 11 is 0. The molecule has 0 rings (SSSR count). The van der Waals surface area contributed by atoms with Gasteiger partial charge in [0.1, 0.15) is 0 Å². The summed E-state index contributed by atoms with van der Waals surface area (Å²) in [5.74, 6) is -0.317. The van der Waals surface area contributed by atoms with Crippen molar-refractivity contribution < 1.29 is 19.0 Å². The van der Waals surface area contributed by atoms with Gasteiger partial charge in [0.05, 0.1) is 20.6 Å². The Morgan fingerprint density at radius 1 is 0.500 bits per heavy atom. The number of hydrogen-bond acceptors (Lipinski definition) is 4. The van der Waals surface area contributed by atoms with Gasteiger partial charge in [-0.2, -0.15) is 0 Å². The maximum atomic E-state index is 11.9. The van der Waals surface area contributed by atoms with Crippen LogP contribution in [0.4, 0.5) is 0 Å². The molecular weight excluding hydrogens is 480 g/mol. The minimum Gasteiger partial charge on any atom is -0.633 e. The molecule has 0 aromatic heterocycles. The van der Waals surface area contributed by atoms with Gasteiger partial charge in [0.2, 0.25) is 17.7 Å². The fraction of sp³-hybridized carbons (Fsp3) is 0.900. The average molecular weight is 541 g/mol. The third kappa shape index (κ3) is 28.9. The molecule has 224 valence electrons. The summed E-state index contributed by atoms with van der Waals surface area (Å²) in [5, 5.41) is 19.8. The Morgan fingerprint density at radius 3 is 1.29 bits per heavy atom. The Bertz CT molecular complexity index is 593. The second kappa shape index (κ2) is 25.6. The number of carbonyl (C=O) groups is 3. The smallest absolute Gasteiger partial charge is 0.220 e. The van der Waals surface area contributed by atoms with Crippen LogP contribution in [-0.4, -0.2) is 62.6 Å². The van der Waals surface area contributed by atoms with E-state index in [-0.39, 0.29) is 35.2 Å². The first-order valence-corrected chi connectivity index (χ1v) is 15.6. The van der Waals surface area contributed by atoms with Crippen LogP contribution < -0.4 is 16.0 Å². The molecular formula is C30H60N4O4. The van der Waals surface area contributed by atoms with Gasteiger partial charge in [-0.3, -0.25) is 14.4 Å². The lowest BCUT2D eigenvalue weighted by atomic mass is 10.0. The van der Waals surface area contributed by atoms with E-state index in [1.165, 1.54) is 83.5 Å². The van der Waals surface area contributed by atoms with E-state index < -0.39 is 0 Å². The van der Waals surface area contributed by atoms with E-state index >= 15 is 0 Å². The third-order valence-corrected chi connectivity index (χ3v) is 6.80. The fourth-order valence-electron chi connectivity index (χ4n) is 4.40. The van der Waals surface area contributed by atoms with Crippen molar-refractivity contribution in [1.29, 1.82) is 0 Å². The van der Waals surface area contributed by atoms with Gasteiger partial charge < -0.3 is 25.8 Å². The summed E-state index contributed by atoms with van der Waals surface area (Å²) in [6.07, 6.45) is 21.9. The molecule has 0 saturated heterocycles. The average Bonchev–Trinajstić information content (AvgIpc) is 2.86. The Hall–Kier alpha value is -1.67. The second-order valence-corrected chi connectivity index (χ2v) is 11.3. The molecule has 0 spiro atoms.